The number of esters is 1. The molecule has 0 fully saturated rings. The molecule has 27 heavy (non-hydrogen) atoms. The fourth-order valence-corrected chi connectivity index (χ4v) is 3.10. The number of pyridine rings is 1. The molecule has 0 atom stereocenters. The van der Waals surface area contributed by atoms with Crippen LogP contribution in [0, 0.1) is 17.5 Å². The first-order valence-corrected chi connectivity index (χ1v) is 9.12. The Bertz CT molecular complexity index is 993. The summed E-state index contributed by atoms with van der Waals surface area (Å²) in [5, 5.41) is 0.493. The van der Waals surface area contributed by atoms with E-state index in [1.807, 2.05) is 13.8 Å². The summed E-state index contributed by atoms with van der Waals surface area (Å²) < 4.78 is 46.6. The number of hydrogen-bond donors (Lipinski definition) is 0. The smallest absolute Gasteiger partial charge is 0.340 e. The number of halogens is 4. The van der Waals surface area contributed by atoms with E-state index in [9.17, 15) is 18.0 Å². The molecular formula is C20H17BrF3NO2. The van der Waals surface area contributed by atoms with Crippen molar-refractivity contribution in [1.29, 1.82) is 0 Å². The number of nitrogens with zero attached hydrogens (tertiary/aromatic N) is 1. The van der Waals surface area contributed by atoms with Crippen molar-refractivity contribution in [2.75, 3.05) is 6.61 Å². The number of benzene rings is 2. The summed E-state index contributed by atoms with van der Waals surface area (Å²) in [6, 6.07) is 6.13. The van der Waals surface area contributed by atoms with E-state index in [1.54, 1.807) is 19.1 Å². The zero-order valence-corrected chi connectivity index (χ0v) is 16.5. The maximum atomic E-state index is 14.1. The van der Waals surface area contributed by atoms with Crippen molar-refractivity contribution in [2.45, 2.75) is 20.8 Å². The van der Waals surface area contributed by atoms with E-state index in [-0.39, 0.29) is 23.3 Å². The molecular weight excluding hydrogens is 423 g/mol. The van der Waals surface area contributed by atoms with Crippen LogP contribution in [0.2, 0.25) is 0 Å². The highest BCUT2D eigenvalue weighted by atomic mass is 79.9. The molecule has 0 spiro atoms. The van der Waals surface area contributed by atoms with E-state index in [0.29, 0.717) is 21.4 Å². The molecule has 0 aliphatic rings. The number of carbonyl (C=O) groups excluding carboxylic acids is 1. The van der Waals surface area contributed by atoms with Gasteiger partial charge >= 0.3 is 5.97 Å². The van der Waals surface area contributed by atoms with E-state index in [4.69, 9.17) is 4.74 Å². The van der Waals surface area contributed by atoms with Crippen molar-refractivity contribution in [1.82, 2.24) is 4.98 Å². The number of para-hydroxylation sites is 1. The van der Waals surface area contributed by atoms with Gasteiger partial charge in [0.15, 0.2) is 11.6 Å². The normalized spacial score (nSPS) is 10.3. The van der Waals surface area contributed by atoms with Crippen molar-refractivity contribution >= 4 is 32.8 Å². The van der Waals surface area contributed by atoms with E-state index >= 15 is 0 Å². The molecule has 3 rings (SSSR count). The fraction of sp³-hybridized carbons (Fsp3) is 0.200. The van der Waals surface area contributed by atoms with Crippen LogP contribution in [-0.4, -0.2) is 17.6 Å². The van der Waals surface area contributed by atoms with Gasteiger partial charge in [0.1, 0.15) is 5.82 Å². The summed E-state index contributed by atoms with van der Waals surface area (Å²) in [5.74, 6) is -3.90. The zero-order chi connectivity index (χ0) is 20.1. The van der Waals surface area contributed by atoms with Gasteiger partial charge in [0.25, 0.3) is 0 Å². The number of rotatable bonds is 3. The van der Waals surface area contributed by atoms with Gasteiger partial charge in [-0.05, 0) is 28.9 Å². The van der Waals surface area contributed by atoms with Gasteiger partial charge in [-0.2, -0.15) is 0 Å². The van der Waals surface area contributed by atoms with Gasteiger partial charge in [0.05, 0.1) is 17.7 Å². The van der Waals surface area contributed by atoms with E-state index < -0.39 is 23.4 Å². The average molecular weight is 440 g/mol. The van der Waals surface area contributed by atoms with Gasteiger partial charge in [0.2, 0.25) is 0 Å². The van der Waals surface area contributed by atoms with Crippen LogP contribution >= 0.6 is 15.9 Å². The van der Waals surface area contributed by atoms with Gasteiger partial charge in [-0.15, -0.1) is 0 Å². The minimum Gasteiger partial charge on any atom is -0.462 e. The van der Waals surface area contributed by atoms with Crippen molar-refractivity contribution in [3.63, 3.8) is 0 Å². The standard InChI is InChI=1S/C18H11BrF3NO2.C2H6/c1-2-25-18(24)13-8-23-17-10(4-3-5-11(17)15(13)19)12-6-9(20)7-14(21)16(12)22;1-2/h3-8H,2H2,1H3;1-2H3. The Balaban J connectivity index is 0.00000126. The number of ether oxygens (including phenoxy) is 1. The molecule has 1 heterocycles. The van der Waals surface area contributed by atoms with Crippen LogP contribution < -0.4 is 0 Å². The van der Waals surface area contributed by atoms with Gasteiger partial charge in [0, 0.05) is 33.2 Å². The monoisotopic (exact) mass is 439 g/mol. The lowest BCUT2D eigenvalue weighted by Gasteiger charge is -2.11. The minimum absolute atomic E-state index is 0.205. The van der Waals surface area contributed by atoms with Gasteiger partial charge in [-0.3, -0.25) is 4.98 Å². The second kappa shape index (κ2) is 8.99. The second-order valence-corrected chi connectivity index (χ2v) is 5.95. The first kappa shape index (κ1) is 20.9. The summed E-state index contributed by atoms with van der Waals surface area (Å²) in [7, 11) is 0. The molecule has 0 radical (unpaired) electrons. The average Bonchev–Trinajstić information content (AvgIpc) is 2.66. The molecule has 7 heteroatoms. The van der Waals surface area contributed by atoms with E-state index in [0.717, 1.165) is 6.07 Å². The predicted molar refractivity (Wildman–Crippen MR) is 102 cm³/mol. The summed E-state index contributed by atoms with van der Waals surface area (Å²) >= 11 is 3.32. The number of carbonyl (C=O) groups is 1. The van der Waals surface area contributed by atoms with Crippen LogP contribution in [0.4, 0.5) is 13.2 Å². The second-order valence-electron chi connectivity index (χ2n) is 5.16. The van der Waals surface area contributed by atoms with E-state index in [2.05, 4.69) is 20.9 Å². The lowest BCUT2D eigenvalue weighted by atomic mass is 10.0. The summed E-state index contributed by atoms with van der Waals surface area (Å²) in [6.45, 7) is 5.89. The maximum Gasteiger partial charge on any atom is 0.340 e. The van der Waals surface area contributed by atoms with Gasteiger partial charge in [-0.25, -0.2) is 18.0 Å². The molecule has 3 nitrogen and oxygen atoms in total. The van der Waals surface area contributed by atoms with Crippen LogP contribution in [0.3, 0.4) is 0 Å². The molecule has 0 bridgehead atoms. The molecule has 0 saturated heterocycles. The lowest BCUT2D eigenvalue weighted by Crippen LogP contribution is -2.06. The highest BCUT2D eigenvalue weighted by Gasteiger charge is 2.19. The highest BCUT2D eigenvalue weighted by molar-refractivity contribution is 9.10. The van der Waals surface area contributed by atoms with Crippen LogP contribution in [0.15, 0.2) is 41.0 Å². The molecule has 3 aromatic rings. The molecule has 0 saturated carbocycles. The van der Waals surface area contributed by atoms with Crippen LogP contribution in [0.5, 0.6) is 0 Å². The molecule has 142 valence electrons. The molecule has 2 aromatic carbocycles. The zero-order valence-electron chi connectivity index (χ0n) is 14.9. The van der Waals surface area contributed by atoms with E-state index in [1.165, 1.54) is 12.3 Å². The molecule has 0 aliphatic carbocycles. The minimum atomic E-state index is -1.28. The number of aromatic nitrogens is 1. The van der Waals surface area contributed by atoms with Crippen molar-refractivity contribution in [3.05, 3.63) is 64.0 Å². The van der Waals surface area contributed by atoms with Crippen LogP contribution in [-0.2, 0) is 4.74 Å². The quantitative estimate of drug-likeness (QED) is 0.355. The molecule has 0 aliphatic heterocycles. The highest BCUT2D eigenvalue weighted by Crippen LogP contribution is 2.35. The number of hydrogen-bond acceptors (Lipinski definition) is 3. The molecule has 0 unspecified atom stereocenters. The third-order valence-electron chi connectivity index (χ3n) is 3.61. The summed E-state index contributed by atoms with van der Waals surface area (Å²) in [5.41, 5.74) is 0.472. The van der Waals surface area contributed by atoms with Crippen LogP contribution in [0.1, 0.15) is 31.1 Å². The molecule has 1 aromatic heterocycles. The largest absolute Gasteiger partial charge is 0.462 e. The Morgan fingerprint density at radius 3 is 2.52 bits per heavy atom. The van der Waals surface area contributed by atoms with Gasteiger partial charge < -0.3 is 4.74 Å². The SMILES string of the molecule is CC.CCOC(=O)c1cnc2c(-c3cc(F)cc(F)c3F)cccc2c1Br. The maximum absolute atomic E-state index is 14.1. The Morgan fingerprint density at radius 2 is 1.85 bits per heavy atom. The Hall–Kier alpha value is -2.41. The molecule has 0 amide bonds. The van der Waals surface area contributed by atoms with Gasteiger partial charge in [-0.1, -0.05) is 32.0 Å². The Morgan fingerprint density at radius 1 is 1.15 bits per heavy atom. The first-order valence-electron chi connectivity index (χ1n) is 8.33. The summed E-state index contributed by atoms with van der Waals surface area (Å²) in [4.78, 5) is 16.1. The fourth-order valence-electron chi connectivity index (χ4n) is 2.51. The summed E-state index contributed by atoms with van der Waals surface area (Å²) in [6.07, 6.45) is 1.28. The number of fused-ring (bicyclic) bond motifs is 1. The van der Waals surface area contributed by atoms with Crippen molar-refractivity contribution < 1.29 is 22.7 Å². The van der Waals surface area contributed by atoms with Crippen LogP contribution in [0.25, 0.3) is 22.0 Å². The first-order chi connectivity index (χ1) is 12.9. The Kier molecular flexibility index (Phi) is 6.96. The Labute approximate surface area is 163 Å². The molecule has 0 N–H and O–H groups in total. The predicted octanol–water partition coefficient (Wildman–Crippen LogP) is 6.28. The van der Waals surface area contributed by atoms with Crippen molar-refractivity contribution in [3.8, 4) is 11.1 Å². The topological polar surface area (TPSA) is 39.2 Å². The third-order valence-corrected chi connectivity index (χ3v) is 4.46. The lowest BCUT2D eigenvalue weighted by molar-refractivity contribution is 0.0525. The third kappa shape index (κ3) is 4.13. The van der Waals surface area contributed by atoms with Crippen molar-refractivity contribution in [2.24, 2.45) is 0 Å².